The average molecular weight is 353 g/mol. The monoisotopic (exact) mass is 353 g/mol. The fourth-order valence-corrected chi connectivity index (χ4v) is 3.53. The zero-order chi connectivity index (χ0) is 16.6. The molecule has 3 aromatic rings. The van der Waals surface area contributed by atoms with Crippen LogP contribution in [-0.4, -0.2) is 21.9 Å². The lowest BCUT2D eigenvalue weighted by molar-refractivity contribution is 0.102. The first-order valence-electron chi connectivity index (χ1n) is 7.35. The van der Waals surface area contributed by atoms with Gasteiger partial charge in [0.15, 0.2) is 4.34 Å². The molecule has 0 fully saturated rings. The van der Waals surface area contributed by atoms with Gasteiger partial charge >= 0.3 is 0 Å². The number of nitrogens with zero attached hydrogens (tertiary/aromatic N) is 2. The predicted molar refractivity (Wildman–Crippen MR) is 101 cm³/mol. The molecule has 0 aliphatic heterocycles. The standard InChI is InChI=1S/C18H15N3OS2/c22-16(15-11-5-2-6-12-15)19-17-20-21-18(24-17)23-13-7-10-14-8-3-1-4-9-14/h1-12H,13H2,(H,19,20,22)/b10-7+. The van der Waals surface area contributed by atoms with Gasteiger partial charge in [-0.2, -0.15) is 0 Å². The summed E-state index contributed by atoms with van der Waals surface area (Å²) in [5.74, 6) is 0.628. The van der Waals surface area contributed by atoms with E-state index in [4.69, 9.17) is 0 Å². The number of hydrogen-bond acceptors (Lipinski definition) is 5. The average Bonchev–Trinajstić information content (AvgIpc) is 3.08. The molecule has 0 unspecified atom stereocenters. The number of carbonyl (C=O) groups excluding carboxylic acids is 1. The molecular formula is C18H15N3OS2. The molecule has 0 aliphatic carbocycles. The summed E-state index contributed by atoms with van der Waals surface area (Å²) >= 11 is 2.97. The lowest BCUT2D eigenvalue weighted by Gasteiger charge is -1.99. The summed E-state index contributed by atoms with van der Waals surface area (Å²) in [5.41, 5.74) is 1.78. The van der Waals surface area contributed by atoms with Crippen LogP contribution >= 0.6 is 23.1 Å². The van der Waals surface area contributed by atoms with E-state index in [-0.39, 0.29) is 5.91 Å². The molecule has 2 aromatic carbocycles. The summed E-state index contributed by atoms with van der Waals surface area (Å²) in [6.07, 6.45) is 4.16. The second-order valence-corrected chi connectivity index (χ2v) is 7.06. The summed E-state index contributed by atoms with van der Waals surface area (Å²) in [5, 5.41) is 11.4. The molecule has 0 saturated heterocycles. The third-order valence-electron chi connectivity index (χ3n) is 3.08. The van der Waals surface area contributed by atoms with Crippen molar-refractivity contribution in [2.24, 2.45) is 0 Å². The van der Waals surface area contributed by atoms with E-state index >= 15 is 0 Å². The van der Waals surface area contributed by atoms with Gasteiger partial charge in [-0.1, -0.05) is 83.8 Å². The highest BCUT2D eigenvalue weighted by molar-refractivity contribution is 8.01. The van der Waals surface area contributed by atoms with E-state index in [9.17, 15) is 4.79 Å². The van der Waals surface area contributed by atoms with Gasteiger partial charge in [0, 0.05) is 11.3 Å². The smallest absolute Gasteiger partial charge is 0.257 e. The molecule has 1 aromatic heterocycles. The SMILES string of the molecule is O=C(Nc1nnc(SC/C=C/c2ccccc2)s1)c1ccccc1. The van der Waals surface area contributed by atoms with E-state index in [0.29, 0.717) is 10.7 Å². The maximum Gasteiger partial charge on any atom is 0.257 e. The Hall–Kier alpha value is -2.44. The van der Waals surface area contributed by atoms with Crippen LogP contribution in [0.3, 0.4) is 0 Å². The molecule has 0 radical (unpaired) electrons. The normalized spacial score (nSPS) is 10.8. The van der Waals surface area contributed by atoms with Crippen molar-refractivity contribution >= 4 is 40.2 Å². The van der Waals surface area contributed by atoms with Gasteiger partial charge in [-0.15, -0.1) is 10.2 Å². The third-order valence-corrected chi connectivity index (χ3v) is 5.00. The van der Waals surface area contributed by atoms with Crippen molar-refractivity contribution in [1.29, 1.82) is 0 Å². The van der Waals surface area contributed by atoms with Crippen LogP contribution in [0.1, 0.15) is 15.9 Å². The molecule has 0 aliphatic rings. The summed E-state index contributed by atoms with van der Waals surface area (Å²) in [6, 6.07) is 19.2. The number of amides is 1. The van der Waals surface area contributed by atoms with E-state index < -0.39 is 0 Å². The van der Waals surface area contributed by atoms with Gasteiger partial charge in [-0.25, -0.2) is 0 Å². The van der Waals surface area contributed by atoms with E-state index in [1.54, 1.807) is 23.9 Å². The van der Waals surface area contributed by atoms with Gasteiger partial charge in [0.05, 0.1) is 0 Å². The molecule has 1 heterocycles. The largest absolute Gasteiger partial charge is 0.296 e. The number of hydrogen-bond donors (Lipinski definition) is 1. The molecule has 0 spiro atoms. The lowest BCUT2D eigenvalue weighted by atomic mass is 10.2. The Kier molecular flexibility index (Phi) is 5.76. The van der Waals surface area contributed by atoms with Crippen LogP contribution in [0.2, 0.25) is 0 Å². The van der Waals surface area contributed by atoms with Crippen LogP contribution in [0.4, 0.5) is 5.13 Å². The molecule has 120 valence electrons. The maximum absolute atomic E-state index is 12.1. The van der Waals surface area contributed by atoms with Crippen LogP contribution in [-0.2, 0) is 0 Å². The predicted octanol–water partition coefficient (Wildman–Crippen LogP) is 4.60. The number of nitrogens with one attached hydrogen (secondary N) is 1. The minimum absolute atomic E-state index is 0.174. The van der Waals surface area contributed by atoms with Gasteiger partial charge in [-0.3, -0.25) is 10.1 Å². The van der Waals surface area contributed by atoms with Crippen LogP contribution in [0.5, 0.6) is 0 Å². The van der Waals surface area contributed by atoms with Crippen LogP contribution in [0.25, 0.3) is 6.08 Å². The van der Waals surface area contributed by atoms with Crippen molar-refractivity contribution in [2.45, 2.75) is 4.34 Å². The van der Waals surface area contributed by atoms with Gasteiger partial charge < -0.3 is 0 Å². The molecule has 0 saturated carbocycles. The van der Waals surface area contributed by atoms with E-state index in [2.05, 4.69) is 39.8 Å². The molecule has 4 nitrogen and oxygen atoms in total. The van der Waals surface area contributed by atoms with Gasteiger partial charge in [0.1, 0.15) is 0 Å². The van der Waals surface area contributed by atoms with E-state index in [0.717, 1.165) is 10.1 Å². The van der Waals surface area contributed by atoms with Crippen LogP contribution < -0.4 is 5.32 Å². The first-order chi connectivity index (χ1) is 11.8. The Labute approximate surface area is 148 Å². The zero-order valence-electron chi connectivity index (χ0n) is 12.8. The van der Waals surface area contributed by atoms with Crippen molar-refractivity contribution < 1.29 is 4.79 Å². The van der Waals surface area contributed by atoms with E-state index in [1.807, 2.05) is 36.4 Å². The second-order valence-electron chi connectivity index (χ2n) is 4.82. The zero-order valence-corrected chi connectivity index (χ0v) is 14.4. The lowest BCUT2D eigenvalue weighted by Crippen LogP contribution is -2.11. The van der Waals surface area contributed by atoms with Gasteiger partial charge in [0.25, 0.3) is 5.91 Å². The highest BCUT2D eigenvalue weighted by atomic mass is 32.2. The Morgan fingerprint density at radius 2 is 1.75 bits per heavy atom. The topological polar surface area (TPSA) is 54.9 Å². The van der Waals surface area contributed by atoms with Gasteiger partial charge in [-0.05, 0) is 17.7 Å². The number of rotatable bonds is 6. The quantitative estimate of drug-likeness (QED) is 0.520. The molecule has 3 rings (SSSR count). The van der Waals surface area contributed by atoms with Crippen molar-refractivity contribution in [3.05, 3.63) is 77.9 Å². The third kappa shape index (κ3) is 4.78. The van der Waals surface area contributed by atoms with Gasteiger partial charge in [0.2, 0.25) is 5.13 Å². The Morgan fingerprint density at radius 1 is 1.04 bits per heavy atom. The minimum atomic E-state index is -0.174. The fraction of sp³-hybridized carbons (Fsp3) is 0.0556. The summed E-state index contributed by atoms with van der Waals surface area (Å²) < 4.78 is 0.830. The molecule has 24 heavy (non-hydrogen) atoms. The number of anilines is 1. The number of carbonyl (C=O) groups is 1. The molecule has 6 heteroatoms. The molecule has 1 N–H and O–H groups in total. The molecule has 1 amide bonds. The highest BCUT2D eigenvalue weighted by Crippen LogP contribution is 2.26. The van der Waals surface area contributed by atoms with Crippen LogP contribution in [0.15, 0.2) is 71.1 Å². The van der Waals surface area contributed by atoms with Crippen molar-refractivity contribution in [1.82, 2.24) is 10.2 Å². The summed E-state index contributed by atoms with van der Waals surface area (Å²) in [7, 11) is 0. The first-order valence-corrected chi connectivity index (χ1v) is 9.16. The Bertz CT molecular complexity index is 817. The van der Waals surface area contributed by atoms with Crippen molar-refractivity contribution in [2.75, 3.05) is 11.1 Å². The second kappa shape index (κ2) is 8.42. The van der Waals surface area contributed by atoms with E-state index in [1.165, 1.54) is 16.9 Å². The fourth-order valence-electron chi connectivity index (χ4n) is 1.95. The summed E-state index contributed by atoms with van der Waals surface area (Å²) in [4.78, 5) is 12.1. The number of thioether (sulfide) groups is 1. The number of benzene rings is 2. The maximum atomic E-state index is 12.1. The van der Waals surface area contributed by atoms with Crippen LogP contribution in [0, 0.1) is 0 Å². The summed E-state index contributed by atoms with van der Waals surface area (Å²) in [6.45, 7) is 0. The first kappa shape index (κ1) is 16.4. The molecule has 0 bridgehead atoms. The number of aromatic nitrogens is 2. The highest BCUT2D eigenvalue weighted by Gasteiger charge is 2.09. The molecular weight excluding hydrogens is 338 g/mol. The molecule has 0 atom stereocenters. The minimum Gasteiger partial charge on any atom is -0.296 e. The Balaban J connectivity index is 1.50. The Morgan fingerprint density at radius 3 is 2.50 bits per heavy atom. The van der Waals surface area contributed by atoms with Crippen molar-refractivity contribution in [3.63, 3.8) is 0 Å². The van der Waals surface area contributed by atoms with Crippen molar-refractivity contribution in [3.8, 4) is 0 Å².